The Morgan fingerprint density at radius 1 is 1.30 bits per heavy atom. The fourth-order valence-electron chi connectivity index (χ4n) is 3.23. The molecule has 2 aliphatic rings. The highest BCUT2D eigenvalue weighted by atomic mass is 32.1. The van der Waals surface area contributed by atoms with Gasteiger partial charge in [-0.15, -0.1) is 11.3 Å². The predicted molar refractivity (Wildman–Crippen MR) is 92.0 cm³/mol. The van der Waals surface area contributed by atoms with Crippen molar-refractivity contribution in [2.75, 3.05) is 26.3 Å². The minimum atomic E-state index is 0.265. The Bertz CT molecular complexity index is 744. The number of nitrogens with zero attached hydrogens (tertiary/aromatic N) is 2. The summed E-state index contributed by atoms with van der Waals surface area (Å²) in [6.45, 7) is 2.83. The summed E-state index contributed by atoms with van der Waals surface area (Å²) >= 11 is 1.53. The standard InChI is InChI=1S/C17H19N3O2S/c18-16-15(17-19-12-3-1-2-4-14(12)23-17)13(21)10-20(16)9-11-5-7-22-8-6-11/h1-4,11,18,21H,5-10H2. The van der Waals surface area contributed by atoms with Crippen LogP contribution in [0.3, 0.4) is 0 Å². The summed E-state index contributed by atoms with van der Waals surface area (Å²) in [5, 5.41) is 19.6. The van der Waals surface area contributed by atoms with Crippen molar-refractivity contribution in [3.05, 3.63) is 35.0 Å². The van der Waals surface area contributed by atoms with Gasteiger partial charge in [0.2, 0.25) is 0 Å². The zero-order chi connectivity index (χ0) is 15.8. The van der Waals surface area contributed by atoms with Crippen molar-refractivity contribution in [2.24, 2.45) is 5.92 Å². The quantitative estimate of drug-likeness (QED) is 0.906. The van der Waals surface area contributed by atoms with Crippen LogP contribution in [0.5, 0.6) is 0 Å². The molecule has 1 saturated heterocycles. The van der Waals surface area contributed by atoms with Crippen LogP contribution < -0.4 is 0 Å². The van der Waals surface area contributed by atoms with Gasteiger partial charge in [0.25, 0.3) is 0 Å². The van der Waals surface area contributed by atoms with Crippen LogP contribution >= 0.6 is 11.3 Å². The van der Waals surface area contributed by atoms with Crippen LogP contribution in [-0.2, 0) is 4.74 Å². The Kier molecular flexibility index (Phi) is 3.79. The molecule has 2 aliphatic heterocycles. The van der Waals surface area contributed by atoms with E-state index in [1.54, 1.807) is 0 Å². The largest absolute Gasteiger partial charge is 0.510 e. The van der Waals surface area contributed by atoms with Gasteiger partial charge in [-0.2, -0.15) is 0 Å². The monoisotopic (exact) mass is 329 g/mol. The lowest BCUT2D eigenvalue weighted by Gasteiger charge is -2.28. The molecule has 4 rings (SSSR count). The van der Waals surface area contributed by atoms with E-state index in [0.29, 0.717) is 23.9 Å². The Morgan fingerprint density at radius 3 is 2.87 bits per heavy atom. The molecular formula is C17H19N3O2S. The SMILES string of the molecule is N=C1C(c2nc3ccccc3s2)=C(O)CN1CC1CCOCC1. The van der Waals surface area contributed by atoms with Crippen LogP contribution in [-0.4, -0.2) is 47.1 Å². The topological polar surface area (TPSA) is 69.4 Å². The number of rotatable bonds is 3. The summed E-state index contributed by atoms with van der Waals surface area (Å²) < 4.78 is 6.48. The van der Waals surface area contributed by atoms with E-state index in [-0.39, 0.29) is 5.76 Å². The third-order valence-corrected chi connectivity index (χ3v) is 5.56. The molecule has 5 nitrogen and oxygen atoms in total. The van der Waals surface area contributed by atoms with Gasteiger partial charge in [-0.1, -0.05) is 12.1 Å². The van der Waals surface area contributed by atoms with E-state index in [0.717, 1.165) is 47.8 Å². The molecule has 1 aromatic heterocycles. The third kappa shape index (κ3) is 2.72. The average molecular weight is 329 g/mol. The van der Waals surface area contributed by atoms with Crippen LogP contribution in [0.25, 0.3) is 15.8 Å². The third-order valence-electron chi connectivity index (χ3n) is 4.51. The van der Waals surface area contributed by atoms with E-state index in [1.807, 2.05) is 29.2 Å². The fraction of sp³-hybridized carbons (Fsp3) is 0.412. The number of thiazole rings is 1. The molecule has 1 aromatic carbocycles. The number of benzene rings is 1. The first-order chi connectivity index (χ1) is 11.2. The van der Waals surface area contributed by atoms with Crippen LogP contribution in [0.15, 0.2) is 30.0 Å². The first-order valence-electron chi connectivity index (χ1n) is 7.92. The van der Waals surface area contributed by atoms with E-state index in [9.17, 15) is 5.11 Å². The molecule has 120 valence electrons. The summed E-state index contributed by atoms with van der Waals surface area (Å²) in [5.74, 6) is 1.20. The number of aromatic nitrogens is 1. The number of hydrogen-bond acceptors (Lipinski definition) is 5. The zero-order valence-corrected chi connectivity index (χ0v) is 13.6. The summed E-state index contributed by atoms with van der Waals surface area (Å²) in [6.07, 6.45) is 2.06. The maximum absolute atomic E-state index is 10.4. The van der Waals surface area contributed by atoms with Crippen LogP contribution in [0.2, 0.25) is 0 Å². The van der Waals surface area contributed by atoms with Gasteiger partial charge in [-0.3, -0.25) is 5.41 Å². The molecule has 0 spiro atoms. The fourth-order valence-corrected chi connectivity index (χ4v) is 4.27. The number of aliphatic hydroxyl groups is 1. The van der Waals surface area contributed by atoms with E-state index in [2.05, 4.69) is 4.98 Å². The maximum Gasteiger partial charge on any atom is 0.135 e. The lowest BCUT2D eigenvalue weighted by Crippen LogP contribution is -2.34. The average Bonchev–Trinajstić information content (AvgIpc) is 3.09. The molecule has 6 heteroatoms. The van der Waals surface area contributed by atoms with Gasteiger partial charge in [0.1, 0.15) is 16.6 Å². The van der Waals surface area contributed by atoms with Crippen molar-refractivity contribution in [2.45, 2.75) is 12.8 Å². The van der Waals surface area contributed by atoms with Crippen LogP contribution in [0, 0.1) is 11.3 Å². The lowest BCUT2D eigenvalue weighted by atomic mass is 10.00. The smallest absolute Gasteiger partial charge is 0.135 e. The molecule has 0 bridgehead atoms. The highest BCUT2D eigenvalue weighted by Gasteiger charge is 2.32. The van der Waals surface area contributed by atoms with Gasteiger partial charge in [0, 0.05) is 19.8 Å². The second kappa shape index (κ2) is 5.94. The molecule has 23 heavy (non-hydrogen) atoms. The summed E-state index contributed by atoms with van der Waals surface area (Å²) in [4.78, 5) is 6.55. The molecule has 0 saturated carbocycles. The number of ether oxygens (including phenoxy) is 1. The highest BCUT2D eigenvalue weighted by molar-refractivity contribution is 7.19. The minimum Gasteiger partial charge on any atom is -0.510 e. The Morgan fingerprint density at radius 2 is 2.09 bits per heavy atom. The predicted octanol–water partition coefficient (Wildman–Crippen LogP) is 3.28. The Labute approximate surface area is 138 Å². The van der Waals surface area contributed by atoms with Crippen LogP contribution in [0.1, 0.15) is 17.8 Å². The van der Waals surface area contributed by atoms with Crippen molar-refractivity contribution in [3.8, 4) is 0 Å². The van der Waals surface area contributed by atoms with Crippen molar-refractivity contribution < 1.29 is 9.84 Å². The molecule has 0 unspecified atom stereocenters. The van der Waals surface area contributed by atoms with E-state index < -0.39 is 0 Å². The van der Waals surface area contributed by atoms with Gasteiger partial charge < -0.3 is 14.7 Å². The number of fused-ring (bicyclic) bond motifs is 1. The molecule has 0 radical (unpaired) electrons. The number of nitrogens with one attached hydrogen (secondary N) is 1. The first kappa shape index (κ1) is 14.7. The normalized spacial score (nSPS) is 20.0. The number of hydrogen-bond donors (Lipinski definition) is 2. The number of para-hydroxylation sites is 1. The second-order valence-corrected chi connectivity index (χ2v) is 7.12. The van der Waals surface area contributed by atoms with E-state index >= 15 is 0 Å². The summed E-state index contributed by atoms with van der Waals surface area (Å²) in [6, 6.07) is 7.92. The summed E-state index contributed by atoms with van der Waals surface area (Å²) in [5.41, 5.74) is 1.52. The van der Waals surface area contributed by atoms with Crippen LogP contribution in [0.4, 0.5) is 0 Å². The Hall–Kier alpha value is -1.92. The van der Waals surface area contributed by atoms with Crippen molar-refractivity contribution in [1.29, 1.82) is 5.41 Å². The van der Waals surface area contributed by atoms with Gasteiger partial charge in [0.05, 0.1) is 22.3 Å². The van der Waals surface area contributed by atoms with Gasteiger partial charge >= 0.3 is 0 Å². The molecule has 0 aliphatic carbocycles. The number of aliphatic hydroxyl groups excluding tert-OH is 1. The summed E-state index contributed by atoms with van der Waals surface area (Å²) in [7, 11) is 0. The molecule has 2 aromatic rings. The van der Waals surface area contributed by atoms with Crippen molar-refractivity contribution in [3.63, 3.8) is 0 Å². The minimum absolute atomic E-state index is 0.265. The Balaban J connectivity index is 1.56. The molecule has 3 heterocycles. The molecule has 2 N–H and O–H groups in total. The van der Waals surface area contributed by atoms with Gasteiger partial charge in [-0.05, 0) is 30.9 Å². The second-order valence-electron chi connectivity index (χ2n) is 6.09. The van der Waals surface area contributed by atoms with Gasteiger partial charge in [0.15, 0.2) is 0 Å². The lowest BCUT2D eigenvalue weighted by molar-refractivity contribution is 0.0600. The van der Waals surface area contributed by atoms with Crippen molar-refractivity contribution in [1.82, 2.24) is 9.88 Å². The van der Waals surface area contributed by atoms with E-state index in [4.69, 9.17) is 10.1 Å². The first-order valence-corrected chi connectivity index (χ1v) is 8.73. The molecule has 0 atom stereocenters. The highest BCUT2D eigenvalue weighted by Crippen LogP contribution is 2.33. The zero-order valence-electron chi connectivity index (χ0n) is 12.8. The van der Waals surface area contributed by atoms with Gasteiger partial charge in [-0.25, -0.2) is 4.98 Å². The molecule has 0 amide bonds. The van der Waals surface area contributed by atoms with Crippen molar-refractivity contribution >= 4 is 33.0 Å². The molecule has 1 fully saturated rings. The number of amidine groups is 1. The maximum atomic E-state index is 10.4. The van der Waals surface area contributed by atoms with E-state index in [1.165, 1.54) is 11.3 Å². The molecular weight excluding hydrogens is 310 g/mol.